The van der Waals surface area contributed by atoms with Crippen molar-refractivity contribution in [3.8, 4) is 11.5 Å². The predicted octanol–water partition coefficient (Wildman–Crippen LogP) is 4.96. The average molecular weight is 361 g/mol. The Morgan fingerprint density at radius 2 is 1.30 bits per heavy atom. The lowest BCUT2D eigenvalue weighted by Gasteiger charge is -2.19. The van der Waals surface area contributed by atoms with Gasteiger partial charge in [-0.3, -0.25) is 0 Å². The number of phenolic OH excluding ortho intramolecular Hbond substituents is 2. The topological polar surface area (TPSA) is 66.5 Å². The normalized spacial score (nSPS) is 16.9. The monoisotopic (exact) mass is 361 g/mol. The molecule has 4 N–H and O–H groups in total. The van der Waals surface area contributed by atoms with Gasteiger partial charge in [0.1, 0.15) is 11.5 Å². The molecule has 0 spiro atoms. The fourth-order valence-corrected chi connectivity index (χ4v) is 3.83. The first-order valence-corrected chi connectivity index (χ1v) is 9.43. The summed E-state index contributed by atoms with van der Waals surface area (Å²) >= 11 is 0. The molecule has 3 nitrogen and oxygen atoms in total. The number of hydrogen-bond donors (Lipinski definition) is 3. The number of hydrogen-bond acceptors (Lipinski definition) is 3. The molecule has 0 saturated heterocycles. The van der Waals surface area contributed by atoms with Crippen molar-refractivity contribution in [3.05, 3.63) is 95.6 Å². The molecule has 1 aliphatic rings. The second-order valence-electron chi connectivity index (χ2n) is 7.06. The Morgan fingerprint density at radius 3 is 1.63 bits per heavy atom. The van der Waals surface area contributed by atoms with E-state index in [9.17, 15) is 10.2 Å². The van der Waals surface area contributed by atoms with Gasteiger partial charge in [0.2, 0.25) is 0 Å². The summed E-state index contributed by atoms with van der Waals surface area (Å²) in [6.45, 7) is 2.86. The highest BCUT2D eigenvalue weighted by Crippen LogP contribution is 2.60. The SMILES string of the molecule is CCC1CC1(c1ccc(O)cc1)c1ccc(O)cc1.NCc1ccccc1. The summed E-state index contributed by atoms with van der Waals surface area (Å²) in [6, 6.07) is 25.0. The molecule has 27 heavy (non-hydrogen) atoms. The molecular weight excluding hydrogens is 334 g/mol. The Labute approximate surface area is 161 Å². The minimum Gasteiger partial charge on any atom is -0.508 e. The third-order valence-electron chi connectivity index (χ3n) is 5.44. The largest absolute Gasteiger partial charge is 0.508 e. The molecular formula is C24H27NO2. The molecule has 0 heterocycles. The van der Waals surface area contributed by atoms with Crippen LogP contribution in [0.5, 0.6) is 11.5 Å². The van der Waals surface area contributed by atoms with Crippen molar-refractivity contribution in [2.45, 2.75) is 31.7 Å². The lowest BCUT2D eigenvalue weighted by Crippen LogP contribution is -2.11. The molecule has 0 radical (unpaired) electrons. The van der Waals surface area contributed by atoms with Crippen LogP contribution in [0.4, 0.5) is 0 Å². The highest BCUT2D eigenvalue weighted by molar-refractivity contribution is 5.49. The van der Waals surface area contributed by atoms with Crippen LogP contribution >= 0.6 is 0 Å². The fraction of sp³-hybridized carbons (Fsp3) is 0.250. The van der Waals surface area contributed by atoms with E-state index >= 15 is 0 Å². The van der Waals surface area contributed by atoms with Gasteiger partial charge < -0.3 is 15.9 Å². The van der Waals surface area contributed by atoms with Crippen LogP contribution in [0.1, 0.15) is 36.5 Å². The summed E-state index contributed by atoms with van der Waals surface area (Å²) in [4.78, 5) is 0. The zero-order valence-corrected chi connectivity index (χ0v) is 15.7. The van der Waals surface area contributed by atoms with E-state index in [4.69, 9.17) is 5.73 Å². The lowest BCUT2D eigenvalue weighted by molar-refractivity contribution is 0.474. The van der Waals surface area contributed by atoms with Gasteiger partial charge >= 0.3 is 0 Å². The van der Waals surface area contributed by atoms with Crippen molar-refractivity contribution in [3.63, 3.8) is 0 Å². The maximum atomic E-state index is 9.44. The third-order valence-corrected chi connectivity index (χ3v) is 5.44. The summed E-state index contributed by atoms with van der Waals surface area (Å²) in [5.41, 5.74) is 9.11. The molecule has 140 valence electrons. The first-order valence-electron chi connectivity index (χ1n) is 9.43. The smallest absolute Gasteiger partial charge is 0.115 e. The van der Waals surface area contributed by atoms with Crippen LogP contribution in [0.25, 0.3) is 0 Å². The van der Waals surface area contributed by atoms with Crippen LogP contribution in [-0.4, -0.2) is 10.2 Å². The number of nitrogens with two attached hydrogens (primary N) is 1. The molecule has 0 aromatic heterocycles. The van der Waals surface area contributed by atoms with Gasteiger partial charge in [-0.25, -0.2) is 0 Å². The minimum atomic E-state index is 0.0656. The van der Waals surface area contributed by atoms with E-state index in [2.05, 4.69) is 6.92 Å². The van der Waals surface area contributed by atoms with Gasteiger partial charge in [0.15, 0.2) is 0 Å². The van der Waals surface area contributed by atoms with Crippen LogP contribution in [0, 0.1) is 5.92 Å². The van der Waals surface area contributed by atoms with Crippen molar-refractivity contribution < 1.29 is 10.2 Å². The van der Waals surface area contributed by atoms with Gasteiger partial charge in [0.05, 0.1) is 0 Å². The zero-order chi connectivity index (χ0) is 19.3. The third kappa shape index (κ3) is 4.15. The standard InChI is InChI=1S/C17H18O2.C7H9N/c1-2-12-11-17(12,13-3-7-15(18)8-4-13)14-5-9-16(19)10-6-14;8-6-7-4-2-1-3-5-7/h3-10,12,18-19H,2,11H2,1H3;1-5H,6,8H2. The van der Waals surface area contributed by atoms with Crippen molar-refractivity contribution in [2.24, 2.45) is 11.7 Å². The zero-order valence-electron chi connectivity index (χ0n) is 15.7. The van der Waals surface area contributed by atoms with E-state index in [1.165, 1.54) is 16.7 Å². The molecule has 3 heteroatoms. The van der Waals surface area contributed by atoms with Crippen LogP contribution in [-0.2, 0) is 12.0 Å². The quantitative estimate of drug-likeness (QED) is 0.615. The second kappa shape index (κ2) is 8.28. The van der Waals surface area contributed by atoms with Gasteiger partial charge in [-0.2, -0.15) is 0 Å². The Hall–Kier alpha value is -2.78. The van der Waals surface area contributed by atoms with Crippen LogP contribution in [0.15, 0.2) is 78.9 Å². The van der Waals surface area contributed by atoms with E-state index in [0.29, 0.717) is 24.0 Å². The van der Waals surface area contributed by atoms with Crippen LogP contribution in [0.2, 0.25) is 0 Å². The first kappa shape index (κ1) is 19.0. The highest BCUT2D eigenvalue weighted by atomic mass is 16.3. The number of benzene rings is 3. The van der Waals surface area contributed by atoms with Gasteiger partial charge in [-0.15, -0.1) is 0 Å². The predicted molar refractivity (Wildman–Crippen MR) is 110 cm³/mol. The van der Waals surface area contributed by atoms with Crippen molar-refractivity contribution in [1.29, 1.82) is 0 Å². The molecule has 1 unspecified atom stereocenters. The summed E-state index contributed by atoms with van der Waals surface area (Å²) in [7, 11) is 0. The van der Waals surface area contributed by atoms with Crippen molar-refractivity contribution >= 4 is 0 Å². The molecule has 3 aromatic rings. The maximum absolute atomic E-state index is 9.44. The van der Waals surface area contributed by atoms with Crippen LogP contribution in [0.3, 0.4) is 0 Å². The fourth-order valence-electron chi connectivity index (χ4n) is 3.83. The van der Waals surface area contributed by atoms with E-state index in [1.807, 2.05) is 54.6 Å². The lowest BCUT2D eigenvalue weighted by atomic mass is 9.85. The van der Waals surface area contributed by atoms with Crippen LogP contribution < -0.4 is 5.73 Å². The van der Waals surface area contributed by atoms with Crippen molar-refractivity contribution in [2.75, 3.05) is 0 Å². The Bertz CT molecular complexity index is 796. The Kier molecular flexibility index (Phi) is 5.82. The van der Waals surface area contributed by atoms with E-state index < -0.39 is 0 Å². The van der Waals surface area contributed by atoms with Crippen molar-refractivity contribution in [1.82, 2.24) is 0 Å². The number of rotatable bonds is 4. The second-order valence-corrected chi connectivity index (χ2v) is 7.06. The molecule has 0 bridgehead atoms. The number of phenols is 2. The molecule has 1 saturated carbocycles. The minimum absolute atomic E-state index is 0.0656. The van der Waals surface area contributed by atoms with Gasteiger partial charge in [-0.05, 0) is 53.3 Å². The maximum Gasteiger partial charge on any atom is 0.115 e. The summed E-state index contributed by atoms with van der Waals surface area (Å²) < 4.78 is 0. The number of aromatic hydroxyl groups is 2. The van der Waals surface area contributed by atoms with Gasteiger partial charge in [0, 0.05) is 12.0 Å². The van der Waals surface area contributed by atoms with E-state index in [1.54, 1.807) is 24.3 Å². The highest BCUT2D eigenvalue weighted by Gasteiger charge is 2.54. The summed E-state index contributed by atoms with van der Waals surface area (Å²) in [6.07, 6.45) is 2.28. The van der Waals surface area contributed by atoms with Gasteiger partial charge in [-0.1, -0.05) is 67.9 Å². The average Bonchev–Trinajstić information content (AvgIpc) is 3.46. The Morgan fingerprint density at radius 1 is 0.815 bits per heavy atom. The molecule has 3 aromatic carbocycles. The Balaban J connectivity index is 0.000000221. The van der Waals surface area contributed by atoms with E-state index in [0.717, 1.165) is 12.8 Å². The molecule has 4 rings (SSSR count). The molecule has 0 amide bonds. The molecule has 0 aliphatic heterocycles. The molecule has 1 fully saturated rings. The van der Waals surface area contributed by atoms with Gasteiger partial charge in [0.25, 0.3) is 0 Å². The first-order chi connectivity index (χ1) is 13.1. The molecule has 1 atom stereocenters. The summed E-state index contributed by atoms with van der Waals surface area (Å²) in [5, 5.41) is 18.9. The molecule has 1 aliphatic carbocycles. The summed E-state index contributed by atoms with van der Waals surface area (Å²) in [5.74, 6) is 1.25. The van der Waals surface area contributed by atoms with E-state index in [-0.39, 0.29) is 5.41 Å².